The van der Waals surface area contributed by atoms with E-state index in [1.165, 1.54) is 0 Å². The number of anilines is 1. The molecule has 2 aliphatic heterocycles. The number of amides is 3. The van der Waals surface area contributed by atoms with Crippen LogP contribution in [0, 0.1) is 12.8 Å². The van der Waals surface area contributed by atoms with Crippen LogP contribution >= 0.6 is 0 Å². The summed E-state index contributed by atoms with van der Waals surface area (Å²) in [5.41, 5.74) is 1.35. The van der Waals surface area contributed by atoms with Crippen molar-refractivity contribution in [3.8, 4) is 0 Å². The van der Waals surface area contributed by atoms with Crippen molar-refractivity contribution in [2.75, 3.05) is 25.0 Å². The van der Waals surface area contributed by atoms with E-state index < -0.39 is 5.60 Å². The number of benzene rings is 1. The number of aryl methyl sites for hydroxylation is 1. The van der Waals surface area contributed by atoms with Gasteiger partial charge in [-0.2, -0.15) is 0 Å². The largest absolute Gasteiger partial charge is 0.444 e. The van der Waals surface area contributed by atoms with Gasteiger partial charge in [-0.15, -0.1) is 0 Å². The summed E-state index contributed by atoms with van der Waals surface area (Å²) in [6.45, 7) is 13.4. The molecule has 32 heavy (non-hydrogen) atoms. The van der Waals surface area contributed by atoms with Crippen molar-refractivity contribution in [3.63, 3.8) is 0 Å². The van der Waals surface area contributed by atoms with Gasteiger partial charge in [0.05, 0.1) is 5.54 Å². The molecule has 1 aromatic rings. The number of hydrogen-bond donors (Lipinski definition) is 1. The smallest absolute Gasteiger partial charge is 0.410 e. The van der Waals surface area contributed by atoms with E-state index in [0.717, 1.165) is 30.5 Å². The highest BCUT2D eigenvalue weighted by molar-refractivity contribution is 5.97. The molecule has 2 fully saturated rings. The van der Waals surface area contributed by atoms with Crippen LogP contribution in [-0.4, -0.2) is 58.5 Å². The number of ether oxygens (including phenoxy) is 1. The molecule has 2 saturated heterocycles. The van der Waals surface area contributed by atoms with Crippen molar-refractivity contribution < 1.29 is 19.1 Å². The van der Waals surface area contributed by atoms with Gasteiger partial charge >= 0.3 is 6.09 Å². The Morgan fingerprint density at radius 1 is 1.16 bits per heavy atom. The minimum Gasteiger partial charge on any atom is -0.444 e. The first-order chi connectivity index (χ1) is 14.9. The van der Waals surface area contributed by atoms with E-state index in [0.29, 0.717) is 31.6 Å². The molecule has 176 valence electrons. The summed E-state index contributed by atoms with van der Waals surface area (Å²) in [6.07, 6.45) is 2.78. The minimum atomic E-state index is -0.541. The minimum absolute atomic E-state index is 0.0201. The molecule has 7 nitrogen and oxygen atoms in total. The molecule has 0 aromatic heterocycles. The Hall–Kier alpha value is -2.57. The van der Waals surface area contributed by atoms with Gasteiger partial charge in [-0.3, -0.25) is 9.59 Å². The van der Waals surface area contributed by atoms with Crippen LogP contribution in [0.5, 0.6) is 0 Å². The van der Waals surface area contributed by atoms with Crippen molar-refractivity contribution in [2.45, 2.75) is 78.4 Å². The van der Waals surface area contributed by atoms with Gasteiger partial charge in [0.2, 0.25) is 5.91 Å². The van der Waals surface area contributed by atoms with Gasteiger partial charge in [0.1, 0.15) is 5.60 Å². The summed E-state index contributed by atoms with van der Waals surface area (Å²) >= 11 is 0. The fourth-order valence-corrected chi connectivity index (χ4v) is 4.54. The lowest BCUT2D eigenvalue weighted by Crippen LogP contribution is -2.69. The maximum atomic E-state index is 13.3. The van der Waals surface area contributed by atoms with E-state index in [1.807, 2.05) is 52.5 Å². The van der Waals surface area contributed by atoms with Crippen molar-refractivity contribution >= 4 is 23.6 Å². The Morgan fingerprint density at radius 3 is 2.44 bits per heavy atom. The van der Waals surface area contributed by atoms with Crippen LogP contribution in [-0.2, 0) is 9.53 Å². The third-order valence-corrected chi connectivity index (χ3v) is 6.17. The van der Waals surface area contributed by atoms with Gasteiger partial charge in [-0.1, -0.05) is 13.8 Å². The van der Waals surface area contributed by atoms with Crippen molar-refractivity contribution in [3.05, 3.63) is 29.3 Å². The van der Waals surface area contributed by atoms with E-state index in [2.05, 4.69) is 5.32 Å². The standard InChI is InChI=1S/C25H37N3O4/c1-17(2)14-21(29)26-20-9-8-19(15-18(20)3)22(30)28-13-11-25(28)10-7-12-27(16-25)23(31)32-24(4,5)6/h8-9,15,17H,7,10-14,16H2,1-6H3,(H,26,29)/t25-/m1/s1. The fraction of sp³-hybridized carbons (Fsp3) is 0.640. The first-order valence-electron chi connectivity index (χ1n) is 11.6. The Kier molecular flexibility index (Phi) is 6.86. The summed E-state index contributed by atoms with van der Waals surface area (Å²) in [5, 5.41) is 2.94. The maximum Gasteiger partial charge on any atom is 0.410 e. The molecule has 3 amide bonds. The average Bonchev–Trinajstić information content (AvgIpc) is 2.66. The molecule has 3 rings (SSSR count). The van der Waals surface area contributed by atoms with Gasteiger partial charge in [-0.05, 0) is 76.6 Å². The molecular weight excluding hydrogens is 406 g/mol. The monoisotopic (exact) mass is 443 g/mol. The summed E-state index contributed by atoms with van der Waals surface area (Å²) < 4.78 is 5.55. The highest BCUT2D eigenvalue weighted by Crippen LogP contribution is 2.40. The third-order valence-electron chi connectivity index (χ3n) is 6.17. The molecule has 2 heterocycles. The van der Waals surface area contributed by atoms with Crippen molar-refractivity contribution in [1.29, 1.82) is 0 Å². The van der Waals surface area contributed by atoms with E-state index in [1.54, 1.807) is 17.0 Å². The Morgan fingerprint density at radius 2 is 1.88 bits per heavy atom. The number of nitrogens with one attached hydrogen (secondary N) is 1. The third kappa shape index (κ3) is 5.43. The van der Waals surface area contributed by atoms with Crippen LogP contribution in [0.4, 0.5) is 10.5 Å². The summed E-state index contributed by atoms with van der Waals surface area (Å²) in [4.78, 5) is 41.7. The number of nitrogens with zero attached hydrogens (tertiary/aromatic N) is 2. The molecule has 2 aliphatic rings. The van der Waals surface area contributed by atoms with Gasteiger partial charge < -0.3 is 19.9 Å². The Labute approximate surface area is 191 Å². The quantitative estimate of drug-likeness (QED) is 0.738. The topological polar surface area (TPSA) is 79.0 Å². The second-order valence-corrected chi connectivity index (χ2v) is 10.6. The van der Waals surface area contributed by atoms with Gasteiger partial charge in [-0.25, -0.2) is 4.79 Å². The van der Waals surface area contributed by atoms with Crippen LogP contribution in [0.3, 0.4) is 0 Å². The second-order valence-electron chi connectivity index (χ2n) is 10.6. The van der Waals surface area contributed by atoms with Crippen LogP contribution in [0.15, 0.2) is 18.2 Å². The van der Waals surface area contributed by atoms with E-state index in [9.17, 15) is 14.4 Å². The van der Waals surface area contributed by atoms with Gasteiger partial charge in [0, 0.05) is 37.3 Å². The number of rotatable bonds is 4. The van der Waals surface area contributed by atoms with Crippen LogP contribution < -0.4 is 5.32 Å². The van der Waals surface area contributed by atoms with Crippen molar-refractivity contribution in [2.24, 2.45) is 5.92 Å². The second kappa shape index (κ2) is 9.12. The number of likely N-dealkylation sites (tertiary alicyclic amines) is 2. The number of carbonyl (C=O) groups is 3. The molecular formula is C25H37N3O4. The molecule has 0 unspecified atom stereocenters. The molecule has 1 spiro atoms. The number of hydrogen-bond acceptors (Lipinski definition) is 4. The zero-order chi connectivity index (χ0) is 23.7. The molecule has 1 atom stereocenters. The zero-order valence-electron chi connectivity index (χ0n) is 20.3. The lowest BCUT2D eigenvalue weighted by Gasteiger charge is -2.56. The molecule has 0 radical (unpaired) electrons. The average molecular weight is 444 g/mol. The van der Waals surface area contributed by atoms with E-state index in [4.69, 9.17) is 4.74 Å². The molecule has 1 aromatic carbocycles. The van der Waals surface area contributed by atoms with Gasteiger partial charge in [0.15, 0.2) is 0 Å². The van der Waals surface area contributed by atoms with E-state index in [-0.39, 0.29) is 29.4 Å². The molecule has 0 saturated carbocycles. The Balaban J connectivity index is 1.69. The van der Waals surface area contributed by atoms with Crippen LogP contribution in [0.2, 0.25) is 0 Å². The highest BCUT2D eigenvalue weighted by atomic mass is 16.6. The van der Waals surface area contributed by atoms with E-state index >= 15 is 0 Å². The SMILES string of the molecule is Cc1cc(C(=O)N2CC[C@@]23CCCN(C(=O)OC(C)(C)C)C3)ccc1NC(=O)CC(C)C. The highest BCUT2D eigenvalue weighted by Gasteiger charge is 2.50. The summed E-state index contributed by atoms with van der Waals surface area (Å²) in [5.74, 6) is 0.244. The number of piperidine rings is 1. The predicted octanol–water partition coefficient (Wildman–Crippen LogP) is 4.60. The lowest BCUT2D eigenvalue weighted by atomic mass is 9.77. The lowest BCUT2D eigenvalue weighted by molar-refractivity contribution is -0.116. The first-order valence-corrected chi connectivity index (χ1v) is 11.6. The molecule has 0 aliphatic carbocycles. The van der Waals surface area contributed by atoms with Crippen LogP contribution in [0.25, 0.3) is 0 Å². The number of carbonyl (C=O) groups excluding carboxylic acids is 3. The summed E-state index contributed by atoms with van der Waals surface area (Å²) in [6, 6.07) is 5.43. The molecule has 0 bridgehead atoms. The first kappa shape index (κ1) is 24.1. The fourth-order valence-electron chi connectivity index (χ4n) is 4.54. The zero-order valence-corrected chi connectivity index (χ0v) is 20.3. The maximum absolute atomic E-state index is 13.3. The van der Waals surface area contributed by atoms with Gasteiger partial charge in [0.25, 0.3) is 5.91 Å². The predicted molar refractivity (Wildman–Crippen MR) is 125 cm³/mol. The normalized spacial score (nSPS) is 20.8. The summed E-state index contributed by atoms with van der Waals surface area (Å²) in [7, 11) is 0. The molecule has 1 N–H and O–H groups in total. The van der Waals surface area contributed by atoms with Crippen molar-refractivity contribution in [1.82, 2.24) is 9.80 Å². The Bertz CT molecular complexity index is 890. The molecule has 7 heteroatoms. The van der Waals surface area contributed by atoms with Crippen LogP contribution in [0.1, 0.15) is 76.2 Å².